The maximum Gasteiger partial charge on any atom is 0.328 e. The van der Waals surface area contributed by atoms with Gasteiger partial charge in [-0.2, -0.15) is 0 Å². The third kappa shape index (κ3) is 3.16. The topological polar surface area (TPSA) is 88.3 Å². The molecule has 0 bridgehead atoms. The fourth-order valence-electron chi connectivity index (χ4n) is 2.24. The van der Waals surface area contributed by atoms with Crippen molar-refractivity contribution in [1.82, 2.24) is 10.3 Å². The van der Waals surface area contributed by atoms with E-state index in [-0.39, 0.29) is 17.0 Å². The Morgan fingerprint density at radius 1 is 1.23 bits per heavy atom. The first-order valence-electron chi connectivity index (χ1n) is 6.94. The van der Waals surface area contributed by atoms with Crippen LogP contribution in [0.25, 0.3) is 10.9 Å². The second-order valence-electron chi connectivity index (χ2n) is 5.31. The molecule has 0 saturated carbocycles. The predicted molar refractivity (Wildman–Crippen MR) is 82.7 cm³/mol. The molecule has 1 aromatic heterocycles. The monoisotopic (exact) mass is 302 g/mol. The number of aromatic amines is 1. The fourth-order valence-corrected chi connectivity index (χ4v) is 2.24. The molecule has 0 spiro atoms. The highest BCUT2D eigenvalue weighted by molar-refractivity contribution is 6.07. The number of rotatable bonds is 4. The highest BCUT2D eigenvalue weighted by Crippen LogP contribution is 2.15. The third-order valence-electron chi connectivity index (χ3n) is 3.40. The number of methoxy groups -OCH3 is 1. The molecule has 1 heterocycles. The summed E-state index contributed by atoms with van der Waals surface area (Å²) in [5.74, 6) is -1.13. The van der Waals surface area contributed by atoms with E-state index < -0.39 is 17.9 Å². The van der Waals surface area contributed by atoms with Gasteiger partial charge in [-0.05, 0) is 12.0 Å². The Morgan fingerprint density at radius 3 is 2.55 bits per heavy atom. The van der Waals surface area contributed by atoms with Gasteiger partial charge in [0.25, 0.3) is 5.91 Å². The summed E-state index contributed by atoms with van der Waals surface area (Å²) in [6, 6.07) is 7.46. The number of hydrogen-bond acceptors (Lipinski definition) is 4. The Balaban J connectivity index is 2.41. The minimum atomic E-state index is -0.768. The molecule has 1 amide bonds. The fraction of sp³-hybridized carbons (Fsp3) is 0.312. The van der Waals surface area contributed by atoms with Crippen molar-refractivity contribution in [3.05, 3.63) is 46.2 Å². The molecular weight excluding hydrogens is 284 g/mol. The molecule has 6 nitrogen and oxygen atoms in total. The van der Waals surface area contributed by atoms with E-state index in [2.05, 4.69) is 10.3 Å². The van der Waals surface area contributed by atoms with Gasteiger partial charge in [0, 0.05) is 17.0 Å². The Bertz CT molecular complexity index is 764. The van der Waals surface area contributed by atoms with Crippen LogP contribution < -0.4 is 10.9 Å². The van der Waals surface area contributed by atoms with Crippen molar-refractivity contribution in [1.29, 1.82) is 0 Å². The van der Waals surface area contributed by atoms with Gasteiger partial charge in [0.1, 0.15) is 6.04 Å². The zero-order valence-electron chi connectivity index (χ0n) is 12.7. The van der Waals surface area contributed by atoms with Crippen LogP contribution in [0.3, 0.4) is 0 Å². The number of fused-ring (bicyclic) bond motifs is 1. The highest BCUT2D eigenvalue weighted by Gasteiger charge is 2.26. The van der Waals surface area contributed by atoms with Gasteiger partial charge >= 0.3 is 5.97 Å². The molecule has 6 heteroatoms. The Kier molecular flexibility index (Phi) is 4.60. The van der Waals surface area contributed by atoms with Crippen LogP contribution in [0.1, 0.15) is 24.2 Å². The first-order valence-corrected chi connectivity index (χ1v) is 6.94. The van der Waals surface area contributed by atoms with Crippen molar-refractivity contribution in [2.45, 2.75) is 19.9 Å². The molecule has 0 aliphatic carbocycles. The summed E-state index contributed by atoms with van der Waals surface area (Å²) in [6.45, 7) is 3.61. The van der Waals surface area contributed by atoms with Crippen molar-refractivity contribution in [2.24, 2.45) is 5.92 Å². The Morgan fingerprint density at radius 2 is 1.91 bits per heavy atom. The highest BCUT2D eigenvalue weighted by atomic mass is 16.5. The van der Waals surface area contributed by atoms with Gasteiger partial charge in [-0.25, -0.2) is 4.79 Å². The number of aromatic nitrogens is 1. The third-order valence-corrected chi connectivity index (χ3v) is 3.40. The number of ether oxygens (including phenoxy) is 1. The van der Waals surface area contributed by atoms with E-state index in [0.29, 0.717) is 10.9 Å². The number of hydrogen-bond donors (Lipinski definition) is 2. The number of para-hydroxylation sites is 1. The molecule has 22 heavy (non-hydrogen) atoms. The lowest BCUT2D eigenvalue weighted by Crippen LogP contribution is -2.45. The molecule has 116 valence electrons. The Hall–Kier alpha value is -2.63. The molecule has 0 radical (unpaired) electrons. The average Bonchev–Trinajstić information content (AvgIpc) is 2.50. The Labute approximate surface area is 127 Å². The molecule has 0 saturated heterocycles. The second kappa shape index (κ2) is 6.43. The number of benzene rings is 1. The molecule has 2 aromatic rings. The van der Waals surface area contributed by atoms with E-state index >= 15 is 0 Å². The van der Waals surface area contributed by atoms with Gasteiger partial charge in [-0.3, -0.25) is 9.59 Å². The van der Waals surface area contributed by atoms with Gasteiger partial charge in [-0.15, -0.1) is 0 Å². The van der Waals surface area contributed by atoms with Gasteiger partial charge < -0.3 is 15.0 Å². The second-order valence-corrected chi connectivity index (χ2v) is 5.31. The van der Waals surface area contributed by atoms with Crippen molar-refractivity contribution < 1.29 is 14.3 Å². The van der Waals surface area contributed by atoms with Gasteiger partial charge in [0.2, 0.25) is 5.56 Å². The van der Waals surface area contributed by atoms with Crippen molar-refractivity contribution >= 4 is 22.8 Å². The number of amides is 1. The standard InChI is InChI=1S/C16H18N2O4/c1-9(2)14(16(21)22-3)18-15(20)11-8-13(19)17-12-7-5-4-6-10(11)12/h4-9,14H,1-3H3,(H,17,19)(H,18,20)/t14-/m0/s1. The van der Waals surface area contributed by atoms with E-state index in [1.807, 2.05) is 0 Å². The summed E-state index contributed by atoms with van der Waals surface area (Å²) < 4.78 is 4.70. The van der Waals surface area contributed by atoms with Crippen LogP contribution in [-0.4, -0.2) is 30.0 Å². The van der Waals surface area contributed by atoms with E-state index in [1.54, 1.807) is 38.1 Å². The van der Waals surface area contributed by atoms with E-state index in [4.69, 9.17) is 4.74 Å². The summed E-state index contributed by atoms with van der Waals surface area (Å²) in [7, 11) is 1.27. The number of pyridine rings is 1. The summed E-state index contributed by atoms with van der Waals surface area (Å²) in [5.41, 5.74) is 0.427. The number of carbonyl (C=O) groups is 2. The van der Waals surface area contributed by atoms with Crippen molar-refractivity contribution in [3.63, 3.8) is 0 Å². The SMILES string of the molecule is COC(=O)[C@@H](NC(=O)c1cc(=O)[nH]c2ccccc12)C(C)C. The molecule has 2 rings (SSSR count). The normalized spacial score (nSPS) is 12.2. The molecule has 1 atom stereocenters. The van der Waals surface area contributed by atoms with Crippen LogP contribution in [0.5, 0.6) is 0 Å². The lowest BCUT2D eigenvalue weighted by molar-refractivity contribution is -0.144. The lowest BCUT2D eigenvalue weighted by atomic mass is 10.0. The quantitative estimate of drug-likeness (QED) is 0.837. The van der Waals surface area contributed by atoms with Crippen LogP contribution in [-0.2, 0) is 9.53 Å². The van der Waals surface area contributed by atoms with Gasteiger partial charge in [0.15, 0.2) is 0 Å². The van der Waals surface area contributed by atoms with E-state index in [0.717, 1.165) is 0 Å². The van der Waals surface area contributed by atoms with E-state index in [1.165, 1.54) is 13.2 Å². The average molecular weight is 302 g/mol. The molecule has 0 unspecified atom stereocenters. The predicted octanol–water partition coefficient (Wildman–Crippen LogP) is 1.46. The van der Waals surface area contributed by atoms with Crippen LogP contribution in [0.2, 0.25) is 0 Å². The van der Waals surface area contributed by atoms with E-state index in [9.17, 15) is 14.4 Å². The molecule has 0 aliphatic heterocycles. The van der Waals surface area contributed by atoms with Crippen LogP contribution in [0.15, 0.2) is 35.1 Å². The largest absolute Gasteiger partial charge is 0.467 e. The number of nitrogens with one attached hydrogen (secondary N) is 2. The summed E-state index contributed by atoms with van der Waals surface area (Å²) in [5, 5.41) is 3.25. The van der Waals surface area contributed by atoms with Gasteiger partial charge in [0.05, 0.1) is 12.7 Å². The molecule has 0 fully saturated rings. The minimum absolute atomic E-state index is 0.135. The molecule has 2 N–H and O–H groups in total. The molecular formula is C16H18N2O4. The first kappa shape index (κ1) is 15.8. The van der Waals surface area contributed by atoms with Crippen LogP contribution >= 0.6 is 0 Å². The summed E-state index contributed by atoms with van der Waals surface area (Å²) in [4.78, 5) is 38.6. The number of carbonyl (C=O) groups excluding carboxylic acids is 2. The molecule has 1 aromatic carbocycles. The summed E-state index contributed by atoms with van der Waals surface area (Å²) >= 11 is 0. The van der Waals surface area contributed by atoms with Crippen molar-refractivity contribution in [3.8, 4) is 0 Å². The first-order chi connectivity index (χ1) is 10.4. The zero-order valence-corrected chi connectivity index (χ0v) is 12.7. The van der Waals surface area contributed by atoms with Crippen LogP contribution in [0.4, 0.5) is 0 Å². The maximum absolute atomic E-state index is 12.5. The lowest BCUT2D eigenvalue weighted by Gasteiger charge is -2.20. The zero-order chi connectivity index (χ0) is 16.3. The van der Waals surface area contributed by atoms with Crippen LogP contribution in [0, 0.1) is 5.92 Å². The van der Waals surface area contributed by atoms with Crippen molar-refractivity contribution in [2.75, 3.05) is 7.11 Å². The summed E-state index contributed by atoms with van der Waals surface area (Å²) in [6.07, 6.45) is 0. The number of H-pyrrole nitrogens is 1. The maximum atomic E-state index is 12.5. The minimum Gasteiger partial charge on any atom is -0.467 e. The smallest absolute Gasteiger partial charge is 0.328 e. The van der Waals surface area contributed by atoms with Gasteiger partial charge in [-0.1, -0.05) is 32.0 Å². The molecule has 0 aliphatic rings. The number of esters is 1.